The minimum absolute atomic E-state index is 0.0842. The first-order valence-corrected chi connectivity index (χ1v) is 9.50. The van der Waals surface area contributed by atoms with Crippen molar-refractivity contribution >= 4 is 28.7 Å². The normalized spacial score (nSPS) is 16.0. The molecular formula is C20H26O3S. The summed E-state index contributed by atoms with van der Waals surface area (Å²) in [4.78, 5) is 23.2. The van der Waals surface area contributed by atoms with Crippen LogP contribution in [-0.4, -0.2) is 17.5 Å². The summed E-state index contributed by atoms with van der Waals surface area (Å²) in [7, 11) is 0. The zero-order valence-electron chi connectivity index (χ0n) is 14.5. The van der Waals surface area contributed by atoms with E-state index in [2.05, 4.69) is 0 Å². The molecule has 0 saturated heterocycles. The molecule has 1 aliphatic rings. The fraction of sp³-hybridized carbons (Fsp3) is 0.500. The van der Waals surface area contributed by atoms with Gasteiger partial charge < -0.3 is 4.74 Å². The molecule has 1 saturated carbocycles. The number of benzene rings is 1. The summed E-state index contributed by atoms with van der Waals surface area (Å²) in [6, 6.07) is 7.67. The van der Waals surface area contributed by atoms with Crippen molar-refractivity contribution in [1.29, 1.82) is 0 Å². The molecular weight excluding hydrogens is 320 g/mol. The van der Waals surface area contributed by atoms with Gasteiger partial charge in [0, 0.05) is 6.92 Å². The Morgan fingerprint density at radius 1 is 1.12 bits per heavy atom. The standard InChI is InChI=1S/C20H26O3S/c1-15(21)20(24-16(2)22)14-18-8-10-19(11-9-18)23-13-12-17-6-4-3-5-7-17/h8-11,14,17H,3-7,12-13H2,1-2H3/b20-14-. The van der Waals surface area contributed by atoms with Gasteiger partial charge in [-0.05, 0) is 54.8 Å². The van der Waals surface area contributed by atoms with Crippen LogP contribution in [0, 0.1) is 5.92 Å². The summed E-state index contributed by atoms with van der Waals surface area (Å²) in [5.74, 6) is 1.58. The lowest BCUT2D eigenvalue weighted by Gasteiger charge is -2.21. The van der Waals surface area contributed by atoms with Gasteiger partial charge in [0.15, 0.2) is 10.9 Å². The Labute approximate surface area is 148 Å². The quantitative estimate of drug-likeness (QED) is 0.633. The highest BCUT2D eigenvalue weighted by molar-refractivity contribution is 8.17. The summed E-state index contributed by atoms with van der Waals surface area (Å²) in [6.45, 7) is 3.70. The molecule has 0 radical (unpaired) electrons. The summed E-state index contributed by atoms with van der Waals surface area (Å²) >= 11 is 0.978. The van der Waals surface area contributed by atoms with Gasteiger partial charge in [-0.25, -0.2) is 0 Å². The third-order valence-electron chi connectivity index (χ3n) is 4.30. The first-order chi connectivity index (χ1) is 11.5. The largest absolute Gasteiger partial charge is 0.494 e. The van der Waals surface area contributed by atoms with Gasteiger partial charge >= 0.3 is 0 Å². The van der Waals surface area contributed by atoms with Crippen LogP contribution in [-0.2, 0) is 9.59 Å². The Morgan fingerprint density at radius 3 is 2.38 bits per heavy atom. The van der Waals surface area contributed by atoms with Gasteiger partial charge in [-0.3, -0.25) is 9.59 Å². The number of Topliss-reactive ketones (excluding diaryl/α,β-unsaturated/α-hetero) is 1. The van der Waals surface area contributed by atoms with Crippen LogP contribution in [0.4, 0.5) is 0 Å². The first kappa shape index (κ1) is 18.8. The van der Waals surface area contributed by atoms with Crippen molar-refractivity contribution in [3.05, 3.63) is 34.7 Å². The minimum Gasteiger partial charge on any atom is -0.494 e. The molecule has 0 unspecified atom stereocenters. The van der Waals surface area contributed by atoms with Gasteiger partial charge in [-0.1, -0.05) is 44.2 Å². The van der Waals surface area contributed by atoms with Crippen LogP contribution in [0.5, 0.6) is 5.75 Å². The number of carbonyl (C=O) groups excluding carboxylic acids is 2. The lowest BCUT2D eigenvalue weighted by molar-refractivity contribution is -0.113. The zero-order chi connectivity index (χ0) is 17.4. The molecule has 1 aromatic rings. The van der Waals surface area contributed by atoms with Crippen molar-refractivity contribution < 1.29 is 14.3 Å². The molecule has 0 amide bonds. The molecule has 1 fully saturated rings. The Bertz CT molecular complexity index is 583. The van der Waals surface area contributed by atoms with Gasteiger partial charge in [0.2, 0.25) is 0 Å². The van der Waals surface area contributed by atoms with E-state index in [1.165, 1.54) is 46.0 Å². The van der Waals surface area contributed by atoms with Crippen molar-refractivity contribution in [3.8, 4) is 5.75 Å². The number of allylic oxidation sites excluding steroid dienone is 1. The summed E-state index contributed by atoms with van der Waals surface area (Å²) in [6.07, 6.45) is 9.68. The van der Waals surface area contributed by atoms with E-state index in [9.17, 15) is 9.59 Å². The number of rotatable bonds is 7. The van der Waals surface area contributed by atoms with Gasteiger partial charge in [-0.2, -0.15) is 0 Å². The maximum Gasteiger partial charge on any atom is 0.190 e. The van der Waals surface area contributed by atoms with E-state index < -0.39 is 0 Å². The third-order valence-corrected chi connectivity index (χ3v) is 5.21. The van der Waals surface area contributed by atoms with E-state index in [0.717, 1.165) is 42.0 Å². The molecule has 130 valence electrons. The Balaban J connectivity index is 1.87. The number of ketones is 1. The Hall–Kier alpha value is -1.55. The van der Waals surface area contributed by atoms with Crippen LogP contribution in [0.3, 0.4) is 0 Å². The molecule has 0 N–H and O–H groups in total. The van der Waals surface area contributed by atoms with Crippen molar-refractivity contribution in [2.24, 2.45) is 5.92 Å². The van der Waals surface area contributed by atoms with E-state index in [4.69, 9.17) is 4.74 Å². The van der Waals surface area contributed by atoms with E-state index in [1.807, 2.05) is 24.3 Å². The average molecular weight is 346 g/mol. The summed E-state index contributed by atoms with van der Waals surface area (Å²) < 4.78 is 5.83. The van der Waals surface area contributed by atoms with Crippen LogP contribution >= 0.6 is 11.8 Å². The fourth-order valence-electron chi connectivity index (χ4n) is 2.99. The van der Waals surface area contributed by atoms with Crippen molar-refractivity contribution in [2.45, 2.75) is 52.4 Å². The number of hydrogen-bond donors (Lipinski definition) is 0. The van der Waals surface area contributed by atoms with E-state index in [-0.39, 0.29) is 10.9 Å². The van der Waals surface area contributed by atoms with Gasteiger partial charge in [0.1, 0.15) is 5.75 Å². The lowest BCUT2D eigenvalue weighted by atomic mass is 9.87. The van der Waals surface area contributed by atoms with Crippen LogP contribution in [0.15, 0.2) is 29.2 Å². The second kappa shape index (κ2) is 9.67. The van der Waals surface area contributed by atoms with Gasteiger partial charge in [-0.15, -0.1) is 0 Å². The number of hydrogen-bond acceptors (Lipinski definition) is 4. The first-order valence-electron chi connectivity index (χ1n) is 8.68. The van der Waals surface area contributed by atoms with Crippen molar-refractivity contribution in [2.75, 3.05) is 6.61 Å². The molecule has 0 aromatic heterocycles. The maximum absolute atomic E-state index is 11.6. The zero-order valence-corrected chi connectivity index (χ0v) is 15.4. The highest BCUT2D eigenvalue weighted by Gasteiger charge is 2.13. The predicted molar refractivity (Wildman–Crippen MR) is 100 cm³/mol. The van der Waals surface area contributed by atoms with Crippen LogP contribution in [0.1, 0.15) is 57.9 Å². The molecule has 0 aliphatic heterocycles. The Kier molecular flexibility index (Phi) is 7.57. The SMILES string of the molecule is CC(=O)S/C(=C\c1ccc(OCCC2CCCCC2)cc1)C(C)=O. The lowest BCUT2D eigenvalue weighted by Crippen LogP contribution is -2.10. The summed E-state index contributed by atoms with van der Waals surface area (Å²) in [5.41, 5.74) is 0.897. The molecule has 1 aliphatic carbocycles. The Morgan fingerprint density at radius 2 is 1.79 bits per heavy atom. The van der Waals surface area contributed by atoms with E-state index in [0.29, 0.717) is 4.91 Å². The molecule has 0 bridgehead atoms. The maximum atomic E-state index is 11.6. The molecule has 0 atom stereocenters. The second-order valence-corrected chi connectivity index (χ2v) is 7.59. The predicted octanol–water partition coefficient (Wildman–Crippen LogP) is 5.25. The van der Waals surface area contributed by atoms with E-state index in [1.54, 1.807) is 6.08 Å². The topological polar surface area (TPSA) is 43.4 Å². The molecule has 0 heterocycles. The second-order valence-electron chi connectivity index (χ2n) is 6.37. The van der Waals surface area contributed by atoms with E-state index >= 15 is 0 Å². The van der Waals surface area contributed by atoms with Crippen LogP contribution in [0.2, 0.25) is 0 Å². The number of carbonyl (C=O) groups is 2. The van der Waals surface area contributed by atoms with Crippen LogP contribution in [0.25, 0.3) is 6.08 Å². The molecule has 2 rings (SSSR count). The van der Waals surface area contributed by atoms with Gasteiger partial charge in [0.25, 0.3) is 0 Å². The molecule has 4 heteroatoms. The molecule has 24 heavy (non-hydrogen) atoms. The highest BCUT2D eigenvalue weighted by Crippen LogP contribution is 2.27. The van der Waals surface area contributed by atoms with Crippen molar-refractivity contribution in [3.63, 3.8) is 0 Å². The van der Waals surface area contributed by atoms with Gasteiger partial charge in [0.05, 0.1) is 11.5 Å². The smallest absolute Gasteiger partial charge is 0.190 e. The minimum atomic E-state index is -0.0944. The monoisotopic (exact) mass is 346 g/mol. The fourth-order valence-corrected chi connectivity index (χ4v) is 3.64. The van der Waals surface area contributed by atoms with Crippen molar-refractivity contribution in [1.82, 2.24) is 0 Å². The average Bonchev–Trinajstić information content (AvgIpc) is 2.56. The molecule has 0 spiro atoms. The molecule has 3 nitrogen and oxygen atoms in total. The van der Waals surface area contributed by atoms with Crippen LogP contribution < -0.4 is 4.74 Å². The third kappa shape index (κ3) is 6.52. The molecule has 1 aromatic carbocycles. The summed E-state index contributed by atoms with van der Waals surface area (Å²) in [5, 5.41) is -0.0842. The number of thioether (sulfide) groups is 1. The highest BCUT2D eigenvalue weighted by atomic mass is 32.2. The number of ether oxygens (including phenoxy) is 1.